The van der Waals surface area contributed by atoms with Gasteiger partial charge in [0, 0.05) is 10.0 Å². The second-order valence-corrected chi connectivity index (χ2v) is 4.62. The zero-order chi connectivity index (χ0) is 11.0. The van der Waals surface area contributed by atoms with Gasteiger partial charge in [-0.15, -0.1) is 0 Å². The van der Waals surface area contributed by atoms with Gasteiger partial charge in [-0.25, -0.2) is 0 Å². The van der Waals surface area contributed by atoms with E-state index in [-0.39, 0.29) is 5.92 Å². The summed E-state index contributed by atoms with van der Waals surface area (Å²) in [5.41, 5.74) is 8.04. The Labute approximate surface area is 97.7 Å². The first kappa shape index (κ1) is 10.8. The number of rotatable bonds is 2. The molecule has 0 fully saturated rings. The van der Waals surface area contributed by atoms with Crippen LogP contribution in [-0.4, -0.2) is 13.3 Å². The molecule has 0 spiro atoms. The van der Waals surface area contributed by atoms with Crippen LogP contribution in [0.3, 0.4) is 0 Å². The highest BCUT2D eigenvalue weighted by atomic mass is 79.9. The normalized spacial score (nSPS) is 15.5. The van der Waals surface area contributed by atoms with Crippen molar-refractivity contribution in [2.75, 3.05) is 13.3 Å². The standard InChI is InChI=1S/C11H14BrNO2/c1-6(4-13)10-7(2)8(12)3-9-11(10)15-5-14-9/h3,6H,4-5,13H2,1-2H3. The molecule has 0 radical (unpaired) electrons. The first-order chi connectivity index (χ1) is 7.15. The van der Waals surface area contributed by atoms with E-state index in [0.29, 0.717) is 13.3 Å². The summed E-state index contributed by atoms with van der Waals surface area (Å²) in [6, 6.07) is 1.95. The highest BCUT2D eigenvalue weighted by molar-refractivity contribution is 9.10. The Hall–Kier alpha value is -0.740. The first-order valence-corrected chi connectivity index (χ1v) is 5.73. The summed E-state index contributed by atoms with van der Waals surface area (Å²) in [7, 11) is 0. The van der Waals surface area contributed by atoms with Crippen LogP contribution in [0.5, 0.6) is 11.5 Å². The van der Waals surface area contributed by atoms with Crippen molar-refractivity contribution in [1.82, 2.24) is 0 Å². The molecule has 1 heterocycles. The van der Waals surface area contributed by atoms with Crippen molar-refractivity contribution < 1.29 is 9.47 Å². The summed E-state index contributed by atoms with van der Waals surface area (Å²) in [4.78, 5) is 0. The van der Waals surface area contributed by atoms with Gasteiger partial charge in [0.05, 0.1) is 0 Å². The van der Waals surface area contributed by atoms with E-state index in [2.05, 4.69) is 29.8 Å². The molecule has 15 heavy (non-hydrogen) atoms. The topological polar surface area (TPSA) is 44.5 Å². The second kappa shape index (κ2) is 4.02. The van der Waals surface area contributed by atoms with Crippen molar-refractivity contribution in [1.29, 1.82) is 0 Å². The molecule has 4 heteroatoms. The van der Waals surface area contributed by atoms with Gasteiger partial charge in [-0.3, -0.25) is 0 Å². The fourth-order valence-electron chi connectivity index (χ4n) is 1.84. The molecule has 1 atom stereocenters. The average Bonchev–Trinajstić information content (AvgIpc) is 2.66. The minimum Gasteiger partial charge on any atom is -0.454 e. The minimum absolute atomic E-state index is 0.276. The van der Waals surface area contributed by atoms with E-state index < -0.39 is 0 Å². The van der Waals surface area contributed by atoms with E-state index >= 15 is 0 Å². The van der Waals surface area contributed by atoms with Gasteiger partial charge in [0.25, 0.3) is 0 Å². The highest BCUT2D eigenvalue weighted by Gasteiger charge is 2.24. The molecule has 0 aromatic heterocycles. The molecule has 1 unspecified atom stereocenters. The summed E-state index contributed by atoms with van der Waals surface area (Å²) in [6.45, 7) is 5.06. The van der Waals surface area contributed by atoms with Gasteiger partial charge < -0.3 is 15.2 Å². The molecule has 82 valence electrons. The zero-order valence-corrected chi connectivity index (χ0v) is 10.4. The van der Waals surface area contributed by atoms with Gasteiger partial charge in [-0.05, 0) is 31.0 Å². The predicted molar refractivity (Wildman–Crippen MR) is 62.5 cm³/mol. The van der Waals surface area contributed by atoms with Crippen LogP contribution in [0.25, 0.3) is 0 Å². The van der Waals surface area contributed by atoms with Crippen LogP contribution in [0.15, 0.2) is 10.5 Å². The number of ether oxygens (including phenoxy) is 2. The molecule has 0 amide bonds. The molecule has 1 aromatic carbocycles. The SMILES string of the molecule is Cc1c(Br)cc2c(c1C(C)CN)OCO2. The monoisotopic (exact) mass is 271 g/mol. The van der Waals surface area contributed by atoms with Crippen LogP contribution in [-0.2, 0) is 0 Å². The lowest BCUT2D eigenvalue weighted by Crippen LogP contribution is -2.11. The van der Waals surface area contributed by atoms with E-state index in [1.54, 1.807) is 0 Å². The largest absolute Gasteiger partial charge is 0.454 e. The van der Waals surface area contributed by atoms with Crippen LogP contribution in [0, 0.1) is 6.92 Å². The molecule has 2 rings (SSSR count). The van der Waals surface area contributed by atoms with Gasteiger partial charge >= 0.3 is 0 Å². The fourth-order valence-corrected chi connectivity index (χ4v) is 2.26. The third-order valence-corrected chi connectivity index (χ3v) is 3.58. The molecule has 0 aliphatic carbocycles. The summed E-state index contributed by atoms with van der Waals surface area (Å²) in [6.07, 6.45) is 0. The van der Waals surface area contributed by atoms with E-state index in [0.717, 1.165) is 21.5 Å². The minimum atomic E-state index is 0.276. The Morgan fingerprint density at radius 2 is 2.27 bits per heavy atom. The number of halogens is 1. The second-order valence-electron chi connectivity index (χ2n) is 3.77. The van der Waals surface area contributed by atoms with Crippen LogP contribution in [0.1, 0.15) is 24.0 Å². The zero-order valence-electron chi connectivity index (χ0n) is 8.84. The molecule has 0 saturated heterocycles. The van der Waals surface area contributed by atoms with Crippen LogP contribution in [0.2, 0.25) is 0 Å². The fraction of sp³-hybridized carbons (Fsp3) is 0.455. The summed E-state index contributed by atoms with van der Waals surface area (Å²) >= 11 is 3.52. The molecule has 1 aromatic rings. The van der Waals surface area contributed by atoms with Gasteiger partial charge in [0.15, 0.2) is 11.5 Å². The molecule has 1 aliphatic rings. The number of hydrogen-bond acceptors (Lipinski definition) is 3. The van der Waals surface area contributed by atoms with Crippen molar-refractivity contribution in [2.45, 2.75) is 19.8 Å². The van der Waals surface area contributed by atoms with Crippen molar-refractivity contribution in [3.05, 3.63) is 21.7 Å². The summed E-state index contributed by atoms with van der Waals surface area (Å²) < 4.78 is 11.9. The van der Waals surface area contributed by atoms with E-state index in [1.165, 1.54) is 5.56 Å². The quantitative estimate of drug-likeness (QED) is 0.899. The Kier molecular flexibility index (Phi) is 2.89. The highest BCUT2D eigenvalue weighted by Crippen LogP contribution is 2.44. The maximum Gasteiger partial charge on any atom is 0.231 e. The van der Waals surface area contributed by atoms with Gasteiger partial charge in [0.2, 0.25) is 6.79 Å². The van der Waals surface area contributed by atoms with Gasteiger partial charge in [0.1, 0.15) is 0 Å². The molecular formula is C11H14BrNO2. The van der Waals surface area contributed by atoms with Crippen molar-refractivity contribution >= 4 is 15.9 Å². The van der Waals surface area contributed by atoms with Crippen molar-refractivity contribution in [3.8, 4) is 11.5 Å². The maximum atomic E-state index is 5.71. The van der Waals surface area contributed by atoms with Crippen LogP contribution in [0.4, 0.5) is 0 Å². The molecule has 2 N–H and O–H groups in total. The predicted octanol–water partition coefficient (Wildman–Crippen LogP) is 2.55. The number of benzene rings is 1. The lowest BCUT2D eigenvalue weighted by molar-refractivity contribution is 0.173. The maximum absolute atomic E-state index is 5.71. The molecule has 3 nitrogen and oxygen atoms in total. The summed E-state index contributed by atoms with van der Waals surface area (Å²) in [5, 5.41) is 0. The van der Waals surface area contributed by atoms with Crippen molar-refractivity contribution in [3.63, 3.8) is 0 Å². The lowest BCUT2D eigenvalue weighted by Gasteiger charge is -2.16. The van der Waals surface area contributed by atoms with Gasteiger partial charge in [-0.1, -0.05) is 22.9 Å². The van der Waals surface area contributed by atoms with Crippen molar-refractivity contribution in [2.24, 2.45) is 5.73 Å². The molecule has 0 bridgehead atoms. The van der Waals surface area contributed by atoms with E-state index in [9.17, 15) is 0 Å². The average molecular weight is 272 g/mol. The third-order valence-electron chi connectivity index (χ3n) is 2.75. The lowest BCUT2D eigenvalue weighted by atomic mass is 9.95. The number of nitrogens with two attached hydrogens (primary N) is 1. The first-order valence-electron chi connectivity index (χ1n) is 4.93. The number of hydrogen-bond donors (Lipinski definition) is 1. The van der Waals surface area contributed by atoms with E-state index in [1.807, 2.05) is 6.07 Å². The molecular weight excluding hydrogens is 258 g/mol. The Morgan fingerprint density at radius 3 is 2.93 bits per heavy atom. The third kappa shape index (κ3) is 1.72. The smallest absolute Gasteiger partial charge is 0.231 e. The summed E-state index contributed by atoms with van der Waals surface area (Å²) in [5.74, 6) is 1.94. The van der Waals surface area contributed by atoms with Crippen LogP contribution < -0.4 is 15.2 Å². The van der Waals surface area contributed by atoms with Gasteiger partial charge in [-0.2, -0.15) is 0 Å². The number of fused-ring (bicyclic) bond motifs is 1. The molecule has 0 saturated carbocycles. The van der Waals surface area contributed by atoms with Crippen LogP contribution >= 0.6 is 15.9 Å². The Bertz CT molecular complexity index is 393. The van der Waals surface area contributed by atoms with E-state index in [4.69, 9.17) is 15.2 Å². The Balaban J connectivity index is 2.60. The molecule has 1 aliphatic heterocycles. The Morgan fingerprint density at radius 1 is 1.53 bits per heavy atom.